The van der Waals surface area contributed by atoms with Crippen molar-refractivity contribution in [2.75, 3.05) is 13.1 Å². The summed E-state index contributed by atoms with van der Waals surface area (Å²) < 4.78 is 1.78. The van der Waals surface area contributed by atoms with Crippen molar-refractivity contribution in [3.63, 3.8) is 0 Å². The molecule has 19 heavy (non-hydrogen) atoms. The van der Waals surface area contributed by atoms with Crippen LogP contribution >= 0.6 is 0 Å². The van der Waals surface area contributed by atoms with Gasteiger partial charge in [-0.1, -0.05) is 0 Å². The first-order valence-corrected chi connectivity index (χ1v) is 6.97. The van der Waals surface area contributed by atoms with Gasteiger partial charge in [0.15, 0.2) is 0 Å². The summed E-state index contributed by atoms with van der Waals surface area (Å²) in [6, 6.07) is 0.286. The van der Waals surface area contributed by atoms with Crippen molar-refractivity contribution < 1.29 is 4.79 Å². The van der Waals surface area contributed by atoms with Gasteiger partial charge in [-0.15, -0.1) is 0 Å². The van der Waals surface area contributed by atoms with E-state index in [1.54, 1.807) is 4.68 Å². The third-order valence-corrected chi connectivity index (χ3v) is 4.30. The molecule has 0 saturated carbocycles. The number of piperidine rings is 1. The maximum absolute atomic E-state index is 12.8. The van der Waals surface area contributed by atoms with Crippen molar-refractivity contribution in [3.8, 4) is 0 Å². The van der Waals surface area contributed by atoms with E-state index in [1.807, 2.05) is 25.8 Å². The Morgan fingerprint density at radius 1 is 1.42 bits per heavy atom. The fraction of sp³-hybridized carbons (Fsp3) is 0.714. The monoisotopic (exact) mass is 264 g/mol. The molecule has 2 rings (SSSR count). The number of likely N-dealkylation sites (tertiary alicyclic amines) is 1. The number of nitrogens with two attached hydrogens (primary N) is 1. The normalized spacial score (nSPS) is 23.7. The van der Waals surface area contributed by atoms with E-state index in [4.69, 9.17) is 5.73 Å². The SMILES string of the molecule is Cc1nn(C)c(C)c1C(=O)N1CC(CN)CCC1C. The number of aryl methyl sites for hydroxylation is 2. The fourth-order valence-corrected chi connectivity index (χ4v) is 2.88. The third kappa shape index (κ3) is 2.52. The van der Waals surface area contributed by atoms with Crippen LogP contribution in [-0.4, -0.2) is 39.7 Å². The zero-order valence-electron chi connectivity index (χ0n) is 12.3. The van der Waals surface area contributed by atoms with Crippen molar-refractivity contribution in [1.82, 2.24) is 14.7 Å². The van der Waals surface area contributed by atoms with Gasteiger partial charge in [0.2, 0.25) is 0 Å². The molecule has 5 heteroatoms. The van der Waals surface area contributed by atoms with Crippen LogP contribution < -0.4 is 5.73 Å². The molecule has 1 aliphatic heterocycles. The summed E-state index contributed by atoms with van der Waals surface area (Å²) in [5.74, 6) is 0.534. The molecule has 2 N–H and O–H groups in total. The third-order valence-electron chi connectivity index (χ3n) is 4.30. The molecule has 0 radical (unpaired) electrons. The fourth-order valence-electron chi connectivity index (χ4n) is 2.88. The average molecular weight is 264 g/mol. The zero-order chi connectivity index (χ0) is 14.2. The molecule has 0 spiro atoms. The van der Waals surface area contributed by atoms with E-state index in [9.17, 15) is 4.79 Å². The predicted molar refractivity (Wildman–Crippen MR) is 75.0 cm³/mol. The lowest BCUT2D eigenvalue weighted by Crippen LogP contribution is -2.47. The van der Waals surface area contributed by atoms with E-state index in [1.165, 1.54) is 0 Å². The Morgan fingerprint density at radius 3 is 2.63 bits per heavy atom. The van der Waals surface area contributed by atoms with Gasteiger partial charge >= 0.3 is 0 Å². The van der Waals surface area contributed by atoms with Gasteiger partial charge in [0, 0.05) is 25.3 Å². The smallest absolute Gasteiger partial charge is 0.257 e. The molecule has 5 nitrogen and oxygen atoms in total. The topological polar surface area (TPSA) is 64.2 Å². The van der Waals surface area contributed by atoms with Crippen LogP contribution in [0.2, 0.25) is 0 Å². The first-order chi connectivity index (χ1) is 8.95. The second kappa shape index (κ2) is 5.33. The molecule has 1 amide bonds. The van der Waals surface area contributed by atoms with Gasteiger partial charge in [-0.05, 0) is 46.1 Å². The van der Waals surface area contributed by atoms with Crippen LogP contribution in [0.1, 0.15) is 41.5 Å². The van der Waals surface area contributed by atoms with Gasteiger partial charge in [0.25, 0.3) is 5.91 Å². The maximum Gasteiger partial charge on any atom is 0.257 e. The van der Waals surface area contributed by atoms with Gasteiger partial charge in [0.1, 0.15) is 0 Å². The average Bonchev–Trinajstić information content (AvgIpc) is 2.63. The molecular weight excluding hydrogens is 240 g/mol. The zero-order valence-corrected chi connectivity index (χ0v) is 12.3. The van der Waals surface area contributed by atoms with E-state index in [2.05, 4.69) is 12.0 Å². The molecule has 0 bridgehead atoms. The highest BCUT2D eigenvalue weighted by molar-refractivity contribution is 5.96. The lowest BCUT2D eigenvalue weighted by molar-refractivity contribution is 0.0565. The molecule has 1 fully saturated rings. The Bertz CT molecular complexity index is 480. The van der Waals surface area contributed by atoms with Gasteiger partial charge < -0.3 is 10.6 Å². The predicted octanol–water partition coefficient (Wildman–Crippen LogP) is 1.24. The van der Waals surface area contributed by atoms with Crippen molar-refractivity contribution in [1.29, 1.82) is 0 Å². The van der Waals surface area contributed by atoms with E-state index in [0.717, 1.165) is 36.3 Å². The molecule has 2 heterocycles. The maximum atomic E-state index is 12.8. The number of nitrogens with zero attached hydrogens (tertiary/aromatic N) is 3. The molecule has 1 aliphatic rings. The Hall–Kier alpha value is -1.36. The molecule has 0 aliphatic carbocycles. The summed E-state index contributed by atoms with van der Waals surface area (Å²) in [7, 11) is 1.88. The first-order valence-electron chi connectivity index (χ1n) is 6.97. The highest BCUT2D eigenvalue weighted by Gasteiger charge is 2.31. The molecule has 0 aromatic carbocycles. The lowest BCUT2D eigenvalue weighted by Gasteiger charge is -2.37. The van der Waals surface area contributed by atoms with E-state index < -0.39 is 0 Å². The van der Waals surface area contributed by atoms with Crippen molar-refractivity contribution in [3.05, 3.63) is 17.0 Å². The Balaban J connectivity index is 2.27. The minimum atomic E-state index is 0.105. The Labute approximate surface area is 114 Å². The van der Waals surface area contributed by atoms with E-state index >= 15 is 0 Å². The van der Waals surface area contributed by atoms with Crippen LogP contribution in [0, 0.1) is 19.8 Å². The lowest BCUT2D eigenvalue weighted by atomic mass is 9.92. The Kier molecular flexibility index (Phi) is 3.94. The second-order valence-electron chi connectivity index (χ2n) is 5.66. The number of hydrogen-bond donors (Lipinski definition) is 1. The van der Waals surface area contributed by atoms with Crippen LogP contribution in [0.25, 0.3) is 0 Å². The van der Waals surface area contributed by atoms with Crippen LogP contribution in [0.5, 0.6) is 0 Å². The second-order valence-corrected chi connectivity index (χ2v) is 5.66. The molecular formula is C14H24N4O. The first kappa shape index (κ1) is 14.1. The molecule has 2 atom stereocenters. The standard InChI is InChI=1S/C14H24N4O/c1-9-5-6-12(7-15)8-18(9)14(19)13-10(2)16-17(4)11(13)3/h9,12H,5-8,15H2,1-4H3. The number of carbonyl (C=O) groups excluding carboxylic acids is 1. The van der Waals surface area contributed by atoms with Gasteiger partial charge in [-0.25, -0.2) is 0 Å². The Morgan fingerprint density at radius 2 is 2.11 bits per heavy atom. The highest BCUT2D eigenvalue weighted by atomic mass is 16.2. The van der Waals surface area contributed by atoms with E-state index in [0.29, 0.717) is 12.5 Å². The number of carbonyl (C=O) groups is 1. The van der Waals surface area contributed by atoms with Crippen molar-refractivity contribution in [2.24, 2.45) is 18.7 Å². The highest BCUT2D eigenvalue weighted by Crippen LogP contribution is 2.25. The van der Waals surface area contributed by atoms with Crippen LogP contribution in [0.4, 0.5) is 0 Å². The summed E-state index contributed by atoms with van der Waals surface area (Å²) in [5.41, 5.74) is 8.26. The van der Waals surface area contributed by atoms with Gasteiger partial charge in [-0.3, -0.25) is 9.48 Å². The summed E-state index contributed by atoms with van der Waals surface area (Å²) >= 11 is 0. The molecule has 106 valence electrons. The minimum absolute atomic E-state index is 0.105. The molecule has 1 aromatic heterocycles. The van der Waals surface area contributed by atoms with Gasteiger partial charge in [-0.2, -0.15) is 5.10 Å². The molecule has 2 unspecified atom stereocenters. The van der Waals surface area contributed by atoms with Crippen LogP contribution in [0.15, 0.2) is 0 Å². The number of rotatable bonds is 2. The number of amides is 1. The van der Waals surface area contributed by atoms with Crippen LogP contribution in [-0.2, 0) is 7.05 Å². The summed E-state index contributed by atoms with van der Waals surface area (Å²) in [6.07, 6.45) is 2.15. The largest absolute Gasteiger partial charge is 0.336 e. The molecule has 1 aromatic rings. The van der Waals surface area contributed by atoms with Crippen molar-refractivity contribution >= 4 is 5.91 Å². The minimum Gasteiger partial charge on any atom is -0.336 e. The molecule has 1 saturated heterocycles. The summed E-state index contributed by atoms with van der Waals surface area (Å²) in [5, 5.41) is 4.34. The number of hydrogen-bond acceptors (Lipinski definition) is 3. The van der Waals surface area contributed by atoms with Crippen molar-refractivity contribution in [2.45, 2.75) is 39.7 Å². The van der Waals surface area contributed by atoms with E-state index in [-0.39, 0.29) is 11.9 Å². The summed E-state index contributed by atoms with van der Waals surface area (Å²) in [4.78, 5) is 14.7. The number of aromatic nitrogens is 2. The van der Waals surface area contributed by atoms with Crippen LogP contribution in [0.3, 0.4) is 0 Å². The quantitative estimate of drug-likeness (QED) is 0.874. The van der Waals surface area contributed by atoms with Gasteiger partial charge in [0.05, 0.1) is 11.3 Å². The summed E-state index contributed by atoms with van der Waals surface area (Å²) in [6.45, 7) is 7.38.